The van der Waals surface area contributed by atoms with Crippen LogP contribution in [-0.4, -0.2) is 61.2 Å². The van der Waals surface area contributed by atoms with E-state index in [9.17, 15) is 13.2 Å². The van der Waals surface area contributed by atoms with Crippen LogP contribution in [0.2, 0.25) is 0 Å². The Morgan fingerprint density at radius 1 is 1.12 bits per heavy atom. The third-order valence-electron chi connectivity index (χ3n) is 5.38. The van der Waals surface area contributed by atoms with Crippen molar-refractivity contribution in [3.63, 3.8) is 0 Å². The second kappa shape index (κ2) is 6.31. The number of fused-ring (bicyclic) bond motifs is 2. The first-order valence-corrected chi connectivity index (χ1v) is 8.77. The molecule has 0 saturated carbocycles. The van der Waals surface area contributed by atoms with Crippen LogP contribution >= 0.6 is 0 Å². The number of tetrazole rings is 1. The van der Waals surface area contributed by atoms with E-state index >= 15 is 0 Å². The Morgan fingerprint density at radius 2 is 1.85 bits per heavy atom. The summed E-state index contributed by atoms with van der Waals surface area (Å²) in [5.41, 5.74) is -0.146. The zero-order valence-corrected chi connectivity index (χ0v) is 14.7. The van der Waals surface area contributed by atoms with Crippen molar-refractivity contribution in [1.29, 1.82) is 0 Å². The number of alkyl halides is 3. The van der Waals surface area contributed by atoms with Gasteiger partial charge in [0.15, 0.2) is 5.82 Å². The van der Waals surface area contributed by atoms with E-state index in [0.29, 0.717) is 36.2 Å². The highest BCUT2D eigenvalue weighted by atomic mass is 19.4. The van der Waals surface area contributed by atoms with E-state index in [-0.39, 0.29) is 0 Å². The fourth-order valence-corrected chi connectivity index (χ4v) is 4.08. The molecule has 2 unspecified atom stereocenters. The lowest BCUT2D eigenvalue weighted by atomic mass is 10.2. The summed E-state index contributed by atoms with van der Waals surface area (Å²) in [6, 6.07) is 6.51. The number of rotatable bonds is 4. The van der Waals surface area contributed by atoms with E-state index in [4.69, 9.17) is 0 Å². The molecule has 140 valence electrons. The van der Waals surface area contributed by atoms with Crippen molar-refractivity contribution in [1.82, 2.24) is 30.0 Å². The van der Waals surface area contributed by atoms with Gasteiger partial charge in [0.05, 0.1) is 17.8 Å². The third kappa shape index (κ3) is 3.09. The van der Waals surface area contributed by atoms with Crippen molar-refractivity contribution in [2.45, 2.75) is 51.1 Å². The zero-order valence-electron chi connectivity index (χ0n) is 14.7. The molecule has 0 N–H and O–H groups in total. The first kappa shape index (κ1) is 17.4. The molecular weight excluding hydrogens is 345 g/mol. The predicted octanol–water partition coefficient (Wildman–Crippen LogP) is 2.35. The molecule has 3 heterocycles. The standard InChI is InChI=1S/C17H21F3N6/c1-11(2)25-9-14-7-15(25)8-24(14)10-16-21-22-23-26(16)13-5-3-12(4-6-13)17(18,19)20/h3-6,11,14-15H,7-10H2,1-2H3. The highest BCUT2D eigenvalue weighted by Gasteiger charge is 2.44. The normalized spacial score (nSPS) is 24.1. The summed E-state index contributed by atoms with van der Waals surface area (Å²) in [6.07, 6.45) is -3.20. The first-order chi connectivity index (χ1) is 12.3. The second-order valence-electron chi connectivity index (χ2n) is 7.31. The topological polar surface area (TPSA) is 50.1 Å². The number of nitrogens with zero attached hydrogens (tertiary/aromatic N) is 6. The summed E-state index contributed by atoms with van der Waals surface area (Å²) in [5.74, 6) is 0.647. The van der Waals surface area contributed by atoms with Crippen LogP contribution in [0.25, 0.3) is 5.69 Å². The van der Waals surface area contributed by atoms with Crippen LogP contribution < -0.4 is 0 Å². The van der Waals surface area contributed by atoms with Gasteiger partial charge in [0.2, 0.25) is 0 Å². The Labute approximate surface area is 149 Å². The van der Waals surface area contributed by atoms with Gasteiger partial charge in [0.1, 0.15) is 0 Å². The number of aromatic nitrogens is 4. The Bertz CT molecular complexity index is 770. The second-order valence-corrected chi connectivity index (χ2v) is 7.31. The van der Waals surface area contributed by atoms with Crippen LogP contribution in [0.15, 0.2) is 24.3 Å². The molecule has 2 aliphatic heterocycles. The van der Waals surface area contributed by atoms with Gasteiger partial charge in [-0.25, -0.2) is 0 Å². The van der Waals surface area contributed by atoms with Crippen molar-refractivity contribution in [2.75, 3.05) is 13.1 Å². The molecule has 2 fully saturated rings. The van der Waals surface area contributed by atoms with Gasteiger partial charge in [-0.05, 0) is 55.0 Å². The smallest absolute Gasteiger partial charge is 0.295 e. The molecule has 9 heteroatoms. The molecule has 2 bridgehead atoms. The number of halogens is 3. The lowest BCUT2D eigenvalue weighted by Gasteiger charge is -2.36. The lowest BCUT2D eigenvalue weighted by molar-refractivity contribution is -0.137. The molecule has 1 aromatic carbocycles. The van der Waals surface area contributed by atoms with Gasteiger partial charge in [-0.2, -0.15) is 17.9 Å². The predicted molar refractivity (Wildman–Crippen MR) is 88.6 cm³/mol. The van der Waals surface area contributed by atoms with E-state index in [0.717, 1.165) is 31.6 Å². The number of hydrogen-bond acceptors (Lipinski definition) is 5. The minimum absolute atomic E-state index is 0.486. The van der Waals surface area contributed by atoms with Crippen molar-refractivity contribution >= 4 is 0 Å². The summed E-state index contributed by atoms with van der Waals surface area (Å²) in [6.45, 7) is 7.06. The molecule has 6 nitrogen and oxygen atoms in total. The molecule has 2 aromatic rings. The molecule has 0 spiro atoms. The fourth-order valence-electron chi connectivity index (χ4n) is 4.08. The van der Waals surface area contributed by atoms with E-state index < -0.39 is 11.7 Å². The van der Waals surface area contributed by atoms with Crippen molar-refractivity contribution in [3.05, 3.63) is 35.7 Å². The van der Waals surface area contributed by atoms with Gasteiger partial charge in [0, 0.05) is 31.2 Å². The SMILES string of the molecule is CC(C)N1CC2CC1CN2Cc1nnnn1-c1ccc(C(F)(F)F)cc1. The highest BCUT2D eigenvalue weighted by Crippen LogP contribution is 2.33. The Hall–Kier alpha value is -2.00. The van der Waals surface area contributed by atoms with E-state index in [1.807, 2.05) is 0 Å². The Morgan fingerprint density at radius 3 is 2.42 bits per heavy atom. The number of benzene rings is 1. The molecule has 4 rings (SSSR count). The van der Waals surface area contributed by atoms with Crippen LogP contribution in [0.4, 0.5) is 13.2 Å². The molecule has 26 heavy (non-hydrogen) atoms. The maximum Gasteiger partial charge on any atom is 0.416 e. The highest BCUT2D eigenvalue weighted by molar-refractivity contribution is 5.35. The van der Waals surface area contributed by atoms with E-state index in [1.54, 1.807) is 0 Å². The summed E-state index contributed by atoms with van der Waals surface area (Å²) >= 11 is 0. The van der Waals surface area contributed by atoms with Crippen molar-refractivity contribution in [2.24, 2.45) is 0 Å². The summed E-state index contributed by atoms with van der Waals surface area (Å²) in [4.78, 5) is 4.90. The van der Waals surface area contributed by atoms with Crippen LogP contribution in [0.1, 0.15) is 31.7 Å². The molecular formula is C17H21F3N6. The molecule has 0 radical (unpaired) electrons. The number of piperazine rings is 1. The van der Waals surface area contributed by atoms with Crippen LogP contribution in [-0.2, 0) is 12.7 Å². The first-order valence-electron chi connectivity index (χ1n) is 8.77. The fraction of sp³-hybridized carbons (Fsp3) is 0.588. The summed E-state index contributed by atoms with van der Waals surface area (Å²) in [7, 11) is 0. The monoisotopic (exact) mass is 366 g/mol. The van der Waals surface area contributed by atoms with Crippen LogP contribution in [0.3, 0.4) is 0 Å². The average Bonchev–Trinajstić information content (AvgIpc) is 3.29. The Kier molecular flexibility index (Phi) is 4.23. The maximum absolute atomic E-state index is 12.7. The van der Waals surface area contributed by atoms with Gasteiger partial charge in [-0.1, -0.05) is 0 Å². The maximum atomic E-state index is 12.7. The molecule has 2 aliphatic rings. The molecule has 2 saturated heterocycles. The average molecular weight is 366 g/mol. The minimum atomic E-state index is -4.35. The molecule has 0 aliphatic carbocycles. The molecule has 2 atom stereocenters. The zero-order chi connectivity index (χ0) is 18.5. The van der Waals surface area contributed by atoms with Crippen molar-refractivity contribution < 1.29 is 13.2 Å². The van der Waals surface area contributed by atoms with Gasteiger partial charge in [0.25, 0.3) is 0 Å². The summed E-state index contributed by atoms with van der Waals surface area (Å²) < 4.78 is 39.7. The quantitative estimate of drug-likeness (QED) is 0.831. The van der Waals surface area contributed by atoms with Crippen LogP contribution in [0.5, 0.6) is 0 Å². The Balaban J connectivity index is 1.49. The van der Waals surface area contributed by atoms with Crippen LogP contribution in [0, 0.1) is 0 Å². The van der Waals surface area contributed by atoms with Gasteiger partial charge < -0.3 is 0 Å². The van der Waals surface area contributed by atoms with Crippen molar-refractivity contribution in [3.8, 4) is 5.69 Å². The summed E-state index contributed by atoms with van der Waals surface area (Å²) in [5, 5.41) is 11.8. The van der Waals surface area contributed by atoms with Gasteiger partial charge >= 0.3 is 6.18 Å². The minimum Gasteiger partial charge on any atom is -0.295 e. The number of hydrogen-bond donors (Lipinski definition) is 0. The third-order valence-corrected chi connectivity index (χ3v) is 5.38. The largest absolute Gasteiger partial charge is 0.416 e. The van der Waals surface area contributed by atoms with Gasteiger partial charge in [-0.15, -0.1) is 5.10 Å². The lowest BCUT2D eigenvalue weighted by Crippen LogP contribution is -2.48. The van der Waals surface area contributed by atoms with E-state index in [1.165, 1.54) is 16.8 Å². The van der Waals surface area contributed by atoms with Gasteiger partial charge in [-0.3, -0.25) is 9.80 Å². The molecule has 1 aromatic heterocycles. The number of likely N-dealkylation sites (tertiary alicyclic amines) is 2. The van der Waals surface area contributed by atoms with E-state index in [2.05, 4.69) is 39.2 Å². The molecule has 0 amide bonds.